The zero-order chi connectivity index (χ0) is 29.7. The van der Waals surface area contributed by atoms with Crippen LogP contribution in [-0.4, -0.2) is 23.4 Å². The van der Waals surface area contributed by atoms with Gasteiger partial charge in [0.05, 0.1) is 10.9 Å². The molecule has 0 saturated heterocycles. The van der Waals surface area contributed by atoms with Crippen LogP contribution in [0.4, 0.5) is 11.4 Å². The number of allylic oxidation sites excluding steroid dienone is 8. The number of benzene rings is 2. The SMILES string of the molecule is [2H]\C(C1=[N+](CC)c2ccccc2C1(C)C)=C(C)/C([2H])=C(C)/C([2H])=C(C)/C([2H])=C1/N(CC)c2ccccc2C1(C)C. The highest BCUT2D eigenvalue weighted by atomic mass is 15.2. The Balaban J connectivity index is 1.83. The first kappa shape index (κ1) is 21.0. The number of para-hydroxylation sites is 2. The van der Waals surface area contributed by atoms with E-state index in [1.54, 1.807) is 6.92 Å². The van der Waals surface area contributed by atoms with Gasteiger partial charge in [0.25, 0.3) is 0 Å². The van der Waals surface area contributed by atoms with Crippen LogP contribution in [0.2, 0.25) is 0 Å². The summed E-state index contributed by atoms with van der Waals surface area (Å²) in [5.74, 6) is 0. The van der Waals surface area contributed by atoms with Crippen molar-refractivity contribution >= 4 is 17.1 Å². The summed E-state index contributed by atoms with van der Waals surface area (Å²) in [5, 5.41) is 0. The maximum absolute atomic E-state index is 9.23. The molecule has 2 aromatic carbocycles. The first-order valence-electron chi connectivity index (χ1n) is 15.1. The van der Waals surface area contributed by atoms with E-state index in [4.69, 9.17) is 2.74 Å². The van der Waals surface area contributed by atoms with Crippen LogP contribution >= 0.6 is 0 Å². The molecule has 2 heterocycles. The Kier molecular flexibility index (Phi) is 5.68. The fourth-order valence-electron chi connectivity index (χ4n) is 5.76. The molecular formula is C34H43N2+. The van der Waals surface area contributed by atoms with E-state index in [0.717, 1.165) is 35.9 Å². The van der Waals surface area contributed by atoms with Gasteiger partial charge in [0.2, 0.25) is 5.69 Å². The number of hydrogen-bond donors (Lipinski definition) is 0. The van der Waals surface area contributed by atoms with Crippen molar-refractivity contribution in [3.8, 4) is 0 Å². The van der Waals surface area contributed by atoms with E-state index in [-0.39, 0.29) is 22.9 Å². The van der Waals surface area contributed by atoms with Crippen molar-refractivity contribution in [1.29, 1.82) is 0 Å². The lowest BCUT2D eigenvalue weighted by Gasteiger charge is -2.26. The first-order chi connectivity index (χ1) is 18.7. The lowest BCUT2D eigenvalue weighted by molar-refractivity contribution is -0.433. The van der Waals surface area contributed by atoms with Crippen molar-refractivity contribution in [3.05, 3.63) is 106 Å². The summed E-state index contributed by atoms with van der Waals surface area (Å²) in [6.45, 7) is 19.6. The lowest BCUT2D eigenvalue weighted by Crippen LogP contribution is -2.27. The summed E-state index contributed by atoms with van der Waals surface area (Å²) in [7, 11) is 0. The van der Waals surface area contributed by atoms with Gasteiger partial charge < -0.3 is 4.90 Å². The number of hydrogen-bond acceptors (Lipinski definition) is 1. The van der Waals surface area contributed by atoms with Crippen molar-refractivity contribution < 1.29 is 10.1 Å². The monoisotopic (exact) mass is 483 g/mol. The molecule has 0 aromatic heterocycles. The van der Waals surface area contributed by atoms with E-state index < -0.39 is 0 Å². The molecule has 0 spiro atoms. The summed E-state index contributed by atoms with van der Waals surface area (Å²) >= 11 is 0. The molecule has 4 rings (SSSR count). The van der Waals surface area contributed by atoms with Crippen molar-refractivity contribution in [2.24, 2.45) is 0 Å². The zero-order valence-corrected chi connectivity index (χ0v) is 23.4. The fourth-order valence-corrected chi connectivity index (χ4v) is 5.76. The summed E-state index contributed by atoms with van der Waals surface area (Å²) in [6, 6.07) is 17.5. The minimum atomic E-state index is -0.375. The number of nitrogens with zero attached hydrogens (tertiary/aromatic N) is 2. The predicted molar refractivity (Wildman–Crippen MR) is 157 cm³/mol. The quantitative estimate of drug-likeness (QED) is 0.294. The van der Waals surface area contributed by atoms with Crippen molar-refractivity contribution in [1.82, 2.24) is 0 Å². The Labute approximate surface area is 224 Å². The maximum atomic E-state index is 9.23. The number of anilines is 1. The Morgan fingerprint density at radius 2 is 1.44 bits per heavy atom. The zero-order valence-electron chi connectivity index (χ0n) is 27.4. The van der Waals surface area contributed by atoms with Crippen LogP contribution in [-0.2, 0) is 10.8 Å². The second kappa shape index (κ2) is 9.73. The van der Waals surface area contributed by atoms with Crippen LogP contribution in [0.1, 0.15) is 78.9 Å². The summed E-state index contributed by atoms with van der Waals surface area (Å²) in [6.07, 6.45) is 0. The summed E-state index contributed by atoms with van der Waals surface area (Å²) in [4.78, 5) is 2.18. The molecule has 0 unspecified atom stereocenters. The standard InChI is InChI=1S/C34H43N2/c1-10-35-29-18-14-12-16-27(29)33(6,7)31(35)22-25(4)20-24(3)21-26(5)23-32-34(8,9)28-17-13-15-19-30(28)36(32)11-2/h12-23H,10-11H2,1-9H3/q+1/i20D,21D,22D,23D. The van der Waals surface area contributed by atoms with Crippen molar-refractivity contribution in [2.75, 3.05) is 18.0 Å². The van der Waals surface area contributed by atoms with E-state index in [9.17, 15) is 2.74 Å². The molecule has 0 fully saturated rings. The van der Waals surface area contributed by atoms with Crippen LogP contribution < -0.4 is 4.90 Å². The highest BCUT2D eigenvalue weighted by Gasteiger charge is 2.43. The van der Waals surface area contributed by atoms with Gasteiger partial charge in [-0.2, -0.15) is 4.58 Å². The topological polar surface area (TPSA) is 6.25 Å². The van der Waals surface area contributed by atoms with Crippen LogP contribution in [0.3, 0.4) is 0 Å². The second-order valence-electron chi connectivity index (χ2n) is 10.8. The maximum Gasteiger partial charge on any atom is 0.209 e. The van der Waals surface area contributed by atoms with Gasteiger partial charge in [-0.15, -0.1) is 0 Å². The molecular weight excluding hydrogens is 436 g/mol. The molecule has 0 radical (unpaired) electrons. The third-order valence-electron chi connectivity index (χ3n) is 7.45. The number of fused-ring (bicyclic) bond motifs is 2. The van der Waals surface area contributed by atoms with Gasteiger partial charge in [-0.1, -0.05) is 67.9 Å². The largest absolute Gasteiger partial charge is 0.344 e. The Bertz CT molecular complexity index is 1530. The molecule has 0 saturated carbocycles. The van der Waals surface area contributed by atoms with Gasteiger partial charge in [-0.05, 0) is 77.3 Å². The van der Waals surface area contributed by atoms with E-state index in [2.05, 4.69) is 75.3 Å². The molecule has 2 nitrogen and oxygen atoms in total. The van der Waals surface area contributed by atoms with Crippen molar-refractivity contribution in [3.63, 3.8) is 0 Å². The summed E-state index contributed by atoms with van der Waals surface area (Å²) in [5.41, 5.74) is 7.13. The number of likely N-dealkylation sites (N-methyl/N-ethyl adjacent to an activating group) is 1. The normalized spacial score (nSPS) is 23.0. The van der Waals surface area contributed by atoms with E-state index in [1.165, 1.54) is 11.1 Å². The third kappa shape index (κ3) is 4.43. The fraction of sp³-hybridized carbons (Fsp3) is 0.382. The van der Waals surface area contributed by atoms with Crippen molar-refractivity contribution in [2.45, 2.75) is 73.1 Å². The second-order valence-corrected chi connectivity index (χ2v) is 10.8. The van der Waals surface area contributed by atoms with Crippen LogP contribution in [0.25, 0.3) is 0 Å². The molecule has 188 valence electrons. The molecule has 0 aliphatic carbocycles. The van der Waals surface area contributed by atoms with Gasteiger partial charge in [0, 0.05) is 41.0 Å². The minimum absolute atomic E-state index is 0.170. The predicted octanol–water partition coefficient (Wildman–Crippen LogP) is 8.62. The van der Waals surface area contributed by atoms with E-state index >= 15 is 0 Å². The molecule has 2 heteroatoms. The lowest BCUT2D eigenvalue weighted by atomic mass is 9.81. The molecule has 2 aliphatic heterocycles. The average molecular weight is 484 g/mol. The molecule has 0 N–H and O–H groups in total. The molecule has 2 aromatic rings. The van der Waals surface area contributed by atoms with Crippen LogP contribution in [0.5, 0.6) is 0 Å². The Hall–Kier alpha value is -3.13. The Morgan fingerprint density at radius 1 is 0.833 bits per heavy atom. The van der Waals surface area contributed by atoms with Gasteiger partial charge >= 0.3 is 0 Å². The molecule has 0 bridgehead atoms. The van der Waals surface area contributed by atoms with Gasteiger partial charge in [-0.3, -0.25) is 0 Å². The molecule has 2 aliphatic rings. The van der Waals surface area contributed by atoms with Gasteiger partial charge in [0.15, 0.2) is 5.71 Å². The molecule has 36 heavy (non-hydrogen) atoms. The van der Waals surface area contributed by atoms with E-state index in [1.807, 2.05) is 38.1 Å². The smallest absolute Gasteiger partial charge is 0.209 e. The third-order valence-corrected chi connectivity index (χ3v) is 7.45. The Morgan fingerprint density at radius 3 is 2.11 bits per heavy atom. The highest BCUT2D eigenvalue weighted by molar-refractivity contribution is 6.03. The van der Waals surface area contributed by atoms with Crippen LogP contribution in [0, 0.1) is 0 Å². The van der Waals surface area contributed by atoms with Gasteiger partial charge in [-0.25, -0.2) is 0 Å². The first-order valence-corrected chi connectivity index (χ1v) is 13.1. The summed E-state index contributed by atoms with van der Waals surface area (Å²) < 4.78 is 38.7. The van der Waals surface area contributed by atoms with Crippen LogP contribution in [0.15, 0.2) is 95.2 Å². The average Bonchev–Trinajstić information content (AvgIpc) is 3.32. The number of rotatable bonds is 6. The molecule has 0 amide bonds. The highest BCUT2D eigenvalue weighted by Crippen LogP contribution is 2.47. The van der Waals surface area contributed by atoms with Gasteiger partial charge in [0.1, 0.15) is 6.54 Å². The minimum Gasteiger partial charge on any atom is -0.344 e. The molecule has 0 atom stereocenters. The van der Waals surface area contributed by atoms with E-state index in [0.29, 0.717) is 28.8 Å².